The summed E-state index contributed by atoms with van der Waals surface area (Å²) in [5.41, 5.74) is 7.29. The van der Waals surface area contributed by atoms with Gasteiger partial charge in [0.2, 0.25) is 0 Å². The molecule has 5 rings (SSSR count). The third kappa shape index (κ3) is 3.51. The van der Waals surface area contributed by atoms with Crippen LogP contribution in [-0.4, -0.2) is 26.9 Å². The molecule has 1 amide bonds. The lowest BCUT2D eigenvalue weighted by molar-refractivity contribution is 0.0601. The van der Waals surface area contributed by atoms with Crippen molar-refractivity contribution in [2.24, 2.45) is 7.05 Å². The number of imidazole rings is 1. The van der Waals surface area contributed by atoms with Crippen LogP contribution in [0.15, 0.2) is 54.6 Å². The highest BCUT2D eigenvalue weighted by Crippen LogP contribution is 2.41. The second-order valence-corrected chi connectivity index (χ2v) is 9.81. The molecule has 3 aromatic carbocycles. The fraction of sp³-hybridized carbons (Fsp3) is 0.310. The number of hydrogen-bond donors (Lipinski definition) is 0. The van der Waals surface area contributed by atoms with E-state index in [1.54, 1.807) is 12.1 Å². The molecule has 5 heteroatoms. The van der Waals surface area contributed by atoms with Gasteiger partial charge in [-0.3, -0.25) is 4.79 Å². The lowest BCUT2D eigenvalue weighted by atomic mass is 9.93. The molecule has 1 aliphatic rings. The van der Waals surface area contributed by atoms with E-state index in [0.29, 0.717) is 12.1 Å². The van der Waals surface area contributed by atoms with Gasteiger partial charge in [0.1, 0.15) is 11.6 Å². The summed E-state index contributed by atoms with van der Waals surface area (Å²) >= 11 is 0. The van der Waals surface area contributed by atoms with Gasteiger partial charge in [0.15, 0.2) is 0 Å². The maximum absolute atomic E-state index is 14.1. The van der Waals surface area contributed by atoms with Crippen molar-refractivity contribution in [3.63, 3.8) is 0 Å². The molecule has 1 fully saturated rings. The molecule has 1 unspecified atom stereocenters. The maximum atomic E-state index is 14.1. The molecular formula is C29H30FN3O. The van der Waals surface area contributed by atoms with Crippen LogP contribution in [0, 0.1) is 26.6 Å². The Balaban J connectivity index is 1.61. The van der Waals surface area contributed by atoms with Gasteiger partial charge >= 0.3 is 0 Å². The van der Waals surface area contributed by atoms with E-state index in [0.717, 1.165) is 46.4 Å². The lowest BCUT2D eigenvalue weighted by Gasteiger charge is -2.35. The molecule has 1 atom stereocenters. The SMILES string of the molecule is Cc1ccc(-c2ccc(F)cc2)c(C(=O)N2CCCC2(C)c2nc3cc(C)c(C)cc3n2C)c1. The fourth-order valence-corrected chi connectivity index (χ4v) is 5.31. The largest absolute Gasteiger partial charge is 0.329 e. The first kappa shape index (κ1) is 22.3. The summed E-state index contributed by atoms with van der Waals surface area (Å²) in [5.74, 6) is 0.611. The average Bonchev–Trinajstić information content (AvgIpc) is 3.35. The zero-order valence-corrected chi connectivity index (χ0v) is 20.4. The standard InChI is InChI=1S/C29H30FN3O/c1-18-7-12-23(21-8-10-22(30)11-9-21)24(15-18)27(34)33-14-6-13-29(33,4)28-31-25-16-19(2)20(3)17-26(25)32(28)5/h7-12,15-17H,6,13-14H2,1-5H3. The minimum absolute atomic E-state index is 0.0116. The van der Waals surface area contributed by atoms with Crippen molar-refractivity contribution in [1.29, 1.82) is 0 Å². The van der Waals surface area contributed by atoms with Gasteiger partial charge in [-0.15, -0.1) is 0 Å². The number of fused-ring (bicyclic) bond motifs is 1. The van der Waals surface area contributed by atoms with Crippen molar-refractivity contribution < 1.29 is 9.18 Å². The highest BCUT2D eigenvalue weighted by atomic mass is 19.1. The molecule has 1 aliphatic heterocycles. The molecule has 1 aromatic heterocycles. The van der Waals surface area contributed by atoms with E-state index < -0.39 is 5.54 Å². The van der Waals surface area contributed by atoms with E-state index in [1.807, 2.05) is 37.1 Å². The van der Waals surface area contributed by atoms with E-state index in [1.165, 1.54) is 23.3 Å². The van der Waals surface area contributed by atoms with Gasteiger partial charge in [0, 0.05) is 19.2 Å². The molecule has 0 aliphatic carbocycles. The van der Waals surface area contributed by atoms with Crippen molar-refractivity contribution in [2.45, 2.75) is 46.1 Å². The Bertz CT molecular complexity index is 1420. The first-order valence-corrected chi connectivity index (χ1v) is 11.8. The van der Waals surface area contributed by atoms with Crippen LogP contribution in [0.5, 0.6) is 0 Å². The first-order chi connectivity index (χ1) is 16.2. The third-order valence-corrected chi connectivity index (χ3v) is 7.42. The van der Waals surface area contributed by atoms with Gasteiger partial charge in [0.25, 0.3) is 5.91 Å². The Labute approximate surface area is 200 Å². The Hall–Kier alpha value is -3.47. The Morgan fingerprint density at radius 3 is 2.44 bits per heavy atom. The fourth-order valence-electron chi connectivity index (χ4n) is 5.31. The minimum atomic E-state index is -0.517. The summed E-state index contributed by atoms with van der Waals surface area (Å²) in [6.45, 7) is 9.01. The molecule has 0 N–H and O–H groups in total. The molecule has 174 valence electrons. The monoisotopic (exact) mass is 455 g/mol. The summed E-state index contributed by atoms with van der Waals surface area (Å²) in [5, 5.41) is 0. The second kappa shape index (κ2) is 8.08. The van der Waals surface area contributed by atoms with Crippen LogP contribution in [0.1, 0.15) is 52.6 Å². The van der Waals surface area contributed by atoms with E-state index in [2.05, 4.69) is 37.5 Å². The normalized spacial score (nSPS) is 18.1. The van der Waals surface area contributed by atoms with E-state index in [4.69, 9.17) is 4.98 Å². The maximum Gasteiger partial charge on any atom is 0.255 e. The molecule has 0 spiro atoms. The lowest BCUT2D eigenvalue weighted by Crippen LogP contribution is -2.44. The van der Waals surface area contributed by atoms with Gasteiger partial charge in [-0.05, 0) is 93.1 Å². The van der Waals surface area contributed by atoms with Gasteiger partial charge < -0.3 is 9.47 Å². The smallest absolute Gasteiger partial charge is 0.255 e. The van der Waals surface area contributed by atoms with Crippen molar-refractivity contribution in [2.75, 3.05) is 6.54 Å². The number of aryl methyl sites for hydroxylation is 4. The van der Waals surface area contributed by atoms with E-state index in [-0.39, 0.29) is 11.7 Å². The zero-order valence-electron chi connectivity index (χ0n) is 20.4. The topological polar surface area (TPSA) is 38.1 Å². The molecule has 1 saturated heterocycles. The molecule has 2 heterocycles. The van der Waals surface area contributed by atoms with Crippen molar-refractivity contribution >= 4 is 16.9 Å². The van der Waals surface area contributed by atoms with Crippen molar-refractivity contribution in [1.82, 2.24) is 14.5 Å². The number of likely N-dealkylation sites (tertiary alicyclic amines) is 1. The number of hydrogen-bond acceptors (Lipinski definition) is 2. The number of nitrogens with zero attached hydrogens (tertiary/aromatic N) is 3. The summed E-state index contributed by atoms with van der Waals surface area (Å²) in [6.07, 6.45) is 1.77. The second-order valence-electron chi connectivity index (χ2n) is 9.81. The predicted molar refractivity (Wildman–Crippen MR) is 134 cm³/mol. The van der Waals surface area contributed by atoms with Crippen molar-refractivity contribution in [3.05, 3.63) is 88.5 Å². The summed E-state index contributed by atoms with van der Waals surface area (Å²) < 4.78 is 15.7. The van der Waals surface area contributed by atoms with Crippen LogP contribution >= 0.6 is 0 Å². The van der Waals surface area contributed by atoms with E-state index in [9.17, 15) is 9.18 Å². The number of aromatic nitrogens is 2. The third-order valence-electron chi connectivity index (χ3n) is 7.42. The number of amides is 1. The van der Waals surface area contributed by atoms with Crippen LogP contribution in [0.3, 0.4) is 0 Å². The first-order valence-electron chi connectivity index (χ1n) is 11.8. The highest BCUT2D eigenvalue weighted by Gasteiger charge is 2.45. The number of carbonyl (C=O) groups excluding carboxylic acids is 1. The summed E-state index contributed by atoms with van der Waals surface area (Å²) in [4.78, 5) is 21.1. The van der Waals surface area contributed by atoms with Gasteiger partial charge in [-0.2, -0.15) is 0 Å². The number of benzene rings is 3. The van der Waals surface area contributed by atoms with Crippen LogP contribution in [0.2, 0.25) is 0 Å². The Morgan fingerprint density at radius 1 is 1.00 bits per heavy atom. The summed E-state index contributed by atoms with van der Waals surface area (Å²) in [6, 6.07) is 16.6. The van der Waals surface area contributed by atoms with Crippen LogP contribution in [0.4, 0.5) is 4.39 Å². The van der Waals surface area contributed by atoms with Crippen LogP contribution in [0.25, 0.3) is 22.2 Å². The van der Waals surface area contributed by atoms with Gasteiger partial charge in [0.05, 0.1) is 16.6 Å². The highest BCUT2D eigenvalue weighted by molar-refractivity contribution is 6.01. The number of carbonyl (C=O) groups is 1. The molecule has 0 radical (unpaired) electrons. The molecular weight excluding hydrogens is 425 g/mol. The van der Waals surface area contributed by atoms with Gasteiger partial charge in [-0.1, -0.05) is 29.8 Å². The average molecular weight is 456 g/mol. The quantitative estimate of drug-likeness (QED) is 0.356. The molecule has 0 saturated carbocycles. The van der Waals surface area contributed by atoms with E-state index >= 15 is 0 Å². The predicted octanol–water partition coefficient (Wildman–Crippen LogP) is 6.46. The van der Waals surface area contributed by atoms with Crippen LogP contribution < -0.4 is 0 Å². The molecule has 34 heavy (non-hydrogen) atoms. The van der Waals surface area contributed by atoms with Gasteiger partial charge in [-0.25, -0.2) is 9.37 Å². The zero-order chi connectivity index (χ0) is 24.2. The number of halogens is 1. The number of rotatable bonds is 3. The Kier molecular flexibility index (Phi) is 5.31. The van der Waals surface area contributed by atoms with Crippen LogP contribution in [-0.2, 0) is 12.6 Å². The molecule has 4 nitrogen and oxygen atoms in total. The minimum Gasteiger partial charge on any atom is -0.329 e. The van der Waals surface area contributed by atoms with Crippen molar-refractivity contribution in [3.8, 4) is 11.1 Å². The molecule has 4 aromatic rings. The summed E-state index contributed by atoms with van der Waals surface area (Å²) in [7, 11) is 2.04. The Morgan fingerprint density at radius 2 is 1.71 bits per heavy atom. The molecule has 0 bridgehead atoms.